The molecule has 0 spiro atoms. The molecule has 3 heterocycles. The predicted octanol–water partition coefficient (Wildman–Crippen LogP) is 4.21. The Balaban J connectivity index is 1.75. The highest BCUT2D eigenvalue weighted by Gasteiger charge is 2.41. The lowest BCUT2D eigenvalue weighted by molar-refractivity contribution is -0.139. The zero-order valence-corrected chi connectivity index (χ0v) is 19.2. The summed E-state index contributed by atoms with van der Waals surface area (Å²) in [5.41, 5.74) is 5.63. The van der Waals surface area contributed by atoms with E-state index in [0.29, 0.717) is 18.7 Å². The van der Waals surface area contributed by atoms with Gasteiger partial charge in [-0.25, -0.2) is 0 Å². The molecule has 2 aliphatic rings. The summed E-state index contributed by atoms with van der Waals surface area (Å²) >= 11 is 1.69. The normalized spacial score (nSPS) is 17.5. The second-order valence-corrected chi connectivity index (χ2v) is 8.98. The molecule has 0 aliphatic carbocycles. The molecule has 1 aromatic heterocycles. The molecule has 0 fully saturated rings. The van der Waals surface area contributed by atoms with Crippen molar-refractivity contribution in [3.05, 3.63) is 71.1 Å². The third kappa shape index (κ3) is 3.24. The molecule has 2 aromatic carbocycles. The Morgan fingerprint density at radius 3 is 2.69 bits per heavy atom. The fraction of sp³-hybridized carbons (Fsp3) is 0.280. The number of benzene rings is 2. The zero-order chi connectivity index (χ0) is 22.4. The molecule has 0 saturated carbocycles. The number of thioether (sulfide) groups is 1. The number of rotatable bonds is 5. The molecule has 32 heavy (non-hydrogen) atoms. The number of hydrogen-bond acceptors (Lipinski definition) is 5. The summed E-state index contributed by atoms with van der Waals surface area (Å²) in [6.45, 7) is 3.03. The molecular formula is C25H25N3O3S. The first kappa shape index (κ1) is 20.8. The smallest absolute Gasteiger partial charge is 0.259 e. The molecule has 0 saturated heterocycles. The molecule has 2 aliphatic heterocycles. The third-order valence-corrected chi connectivity index (χ3v) is 7.05. The van der Waals surface area contributed by atoms with Gasteiger partial charge in [-0.1, -0.05) is 18.2 Å². The van der Waals surface area contributed by atoms with Crippen molar-refractivity contribution in [2.45, 2.75) is 24.3 Å². The summed E-state index contributed by atoms with van der Waals surface area (Å²) < 4.78 is 7.52. The van der Waals surface area contributed by atoms with Crippen molar-refractivity contribution < 1.29 is 14.3 Å². The molecule has 0 bridgehead atoms. The first-order chi connectivity index (χ1) is 15.5. The average Bonchev–Trinajstić information content (AvgIpc) is 3.28. The van der Waals surface area contributed by atoms with Gasteiger partial charge in [0.1, 0.15) is 0 Å². The summed E-state index contributed by atoms with van der Waals surface area (Å²) in [5, 5.41) is 4.62. The Morgan fingerprint density at radius 1 is 1.22 bits per heavy atom. The Morgan fingerprint density at radius 2 is 2.00 bits per heavy atom. The second-order valence-electron chi connectivity index (χ2n) is 8.10. The van der Waals surface area contributed by atoms with E-state index in [1.165, 1.54) is 16.7 Å². The molecule has 5 rings (SSSR count). The second kappa shape index (κ2) is 8.15. The van der Waals surface area contributed by atoms with Gasteiger partial charge < -0.3 is 14.6 Å². The maximum Gasteiger partial charge on any atom is 0.259 e. The number of ether oxygens (including phenoxy) is 1. The van der Waals surface area contributed by atoms with Crippen molar-refractivity contribution in [2.75, 3.05) is 31.8 Å². The molecule has 7 heteroatoms. The number of carbonyl (C=O) groups is 2. The van der Waals surface area contributed by atoms with Gasteiger partial charge in [0.2, 0.25) is 5.91 Å². The average molecular weight is 448 g/mol. The Kier molecular flexibility index (Phi) is 5.31. The number of carbonyl (C=O) groups excluding carboxylic acids is 2. The van der Waals surface area contributed by atoms with E-state index < -0.39 is 0 Å². The molecule has 0 radical (unpaired) electrons. The van der Waals surface area contributed by atoms with Gasteiger partial charge in [0.05, 0.1) is 24.2 Å². The maximum absolute atomic E-state index is 13.5. The van der Waals surface area contributed by atoms with Crippen molar-refractivity contribution >= 4 is 40.2 Å². The highest BCUT2D eigenvalue weighted by molar-refractivity contribution is 7.98. The first-order valence-electron chi connectivity index (χ1n) is 10.6. The van der Waals surface area contributed by atoms with Crippen LogP contribution >= 0.6 is 11.8 Å². The summed E-state index contributed by atoms with van der Waals surface area (Å²) in [5.74, 6) is -0.720. The molecule has 1 atom stereocenters. The van der Waals surface area contributed by atoms with Gasteiger partial charge in [0.25, 0.3) is 5.91 Å². The summed E-state index contributed by atoms with van der Waals surface area (Å²) in [6, 6.07) is 14.5. The van der Waals surface area contributed by atoms with Gasteiger partial charge in [-0.15, -0.1) is 11.8 Å². The number of nitrogens with zero attached hydrogens (tertiary/aromatic N) is 2. The fourth-order valence-electron chi connectivity index (χ4n) is 4.79. The van der Waals surface area contributed by atoms with Crippen LogP contribution in [0, 0.1) is 0 Å². The number of hydrogen-bond donors (Lipinski definition) is 1. The Hall–Kier alpha value is -3.03. The van der Waals surface area contributed by atoms with E-state index in [1.807, 2.05) is 18.4 Å². The van der Waals surface area contributed by atoms with Crippen molar-refractivity contribution in [1.82, 2.24) is 9.47 Å². The number of amides is 2. The van der Waals surface area contributed by atoms with Crippen LogP contribution in [0.15, 0.2) is 64.8 Å². The van der Waals surface area contributed by atoms with E-state index >= 15 is 0 Å². The molecule has 1 unspecified atom stereocenters. The van der Waals surface area contributed by atoms with Crippen LogP contribution < -0.4 is 5.32 Å². The summed E-state index contributed by atoms with van der Waals surface area (Å²) in [7, 11) is 1.70. The maximum atomic E-state index is 13.5. The van der Waals surface area contributed by atoms with Crippen LogP contribution in [-0.4, -0.2) is 47.8 Å². The fourth-order valence-corrected chi connectivity index (χ4v) is 5.20. The van der Waals surface area contributed by atoms with Gasteiger partial charge >= 0.3 is 0 Å². The van der Waals surface area contributed by atoms with E-state index in [4.69, 9.17) is 4.74 Å². The van der Waals surface area contributed by atoms with Gasteiger partial charge in [-0.05, 0) is 41.6 Å². The quantitative estimate of drug-likeness (QED) is 0.594. The number of anilines is 1. The minimum absolute atomic E-state index is 0.218. The van der Waals surface area contributed by atoms with E-state index in [-0.39, 0.29) is 24.3 Å². The van der Waals surface area contributed by atoms with Gasteiger partial charge in [-0.2, -0.15) is 0 Å². The van der Waals surface area contributed by atoms with Crippen molar-refractivity contribution in [1.29, 1.82) is 0 Å². The predicted molar refractivity (Wildman–Crippen MR) is 127 cm³/mol. The number of methoxy groups -OCH3 is 1. The molecule has 3 aromatic rings. The number of imide groups is 1. The topological polar surface area (TPSA) is 63.6 Å². The largest absolute Gasteiger partial charge is 0.383 e. The lowest BCUT2D eigenvalue weighted by Crippen LogP contribution is -2.33. The van der Waals surface area contributed by atoms with Crippen LogP contribution in [0.3, 0.4) is 0 Å². The van der Waals surface area contributed by atoms with Crippen LogP contribution in [0.5, 0.6) is 0 Å². The minimum Gasteiger partial charge on any atom is -0.383 e. The number of nitrogens with one attached hydrogen (secondary N) is 1. The SMILES string of the molecule is COCCn1cc2c3c(cccc31)NC1=C(C(=O)N(C(C)=O)C1)C2c1ccc(SC)cc1. The van der Waals surface area contributed by atoms with E-state index in [9.17, 15) is 9.59 Å². The Bertz CT molecular complexity index is 1260. The van der Waals surface area contributed by atoms with E-state index in [1.54, 1.807) is 18.9 Å². The third-order valence-electron chi connectivity index (χ3n) is 6.30. The van der Waals surface area contributed by atoms with Crippen molar-refractivity contribution in [3.8, 4) is 0 Å². The highest BCUT2D eigenvalue weighted by Crippen LogP contribution is 2.46. The van der Waals surface area contributed by atoms with Crippen LogP contribution in [0.1, 0.15) is 24.0 Å². The molecule has 2 amide bonds. The zero-order valence-electron chi connectivity index (χ0n) is 18.3. The van der Waals surface area contributed by atoms with Crippen LogP contribution in [0.25, 0.3) is 10.9 Å². The van der Waals surface area contributed by atoms with Crippen molar-refractivity contribution in [2.24, 2.45) is 0 Å². The van der Waals surface area contributed by atoms with Gasteiger partial charge in [0, 0.05) is 54.4 Å². The van der Waals surface area contributed by atoms with Crippen LogP contribution in [0.4, 0.5) is 5.69 Å². The minimum atomic E-state index is -0.264. The lowest BCUT2D eigenvalue weighted by Gasteiger charge is -2.19. The Labute approximate surface area is 191 Å². The first-order valence-corrected chi connectivity index (χ1v) is 11.8. The highest BCUT2D eigenvalue weighted by atomic mass is 32.2. The standard InChI is InChI=1S/C25H25N3O3S/c1-15(29)28-14-20-24(25(28)30)22(16-7-9-17(32-3)10-8-16)18-13-27(11-12-31-2)21-6-4-5-19(26-20)23(18)21/h4-10,13,22,26H,11-12,14H2,1-3H3. The summed E-state index contributed by atoms with van der Waals surface area (Å²) in [4.78, 5) is 28.2. The van der Waals surface area contributed by atoms with Crippen LogP contribution in [-0.2, 0) is 20.9 Å². The molecule has 164 valence electrons. The van der Waals surface area contributed by atoms with Crippen LogP contribution in [0.2, 0.25) is 0 Å². The van der Waals surface area contributed by atoms with Gasteiger partial charge in [-0.3, -0.25) is 14.5 Å². The molecular weight excluding hydrogens is 422 g/mol. The number of aromatic nitrogens is 1. The van der Waals surface area contributed by atoms with Gasteiger partial charge in [0.15, 0.2) is 0 Å². The van der Waals surface area contributed by atoms with Crippen molar-refractivity contribution in [3.63, 3.8) is 0 Å². The lowest BCUT2D eigenvalue weighted by atomic mass is 9.84. The summed E-state index contributed by atoms with van der Waals surface area (Å²) in [6.07, 6.45) is 4.19. The molecule has 1 N–H and O–H groups in total. The van der Waals surface area contributed by atoms with E-state index in [2.05, 4.69) is 46.4 Å². The molecule has 6 nitrogen and oxygen atoms in total. The van der Waals surface area contributed by atoms with E-state index in [0.717, 1.165) is 33.4 Å². The monoisotopic (exact) mass is 447 g/mol.